The van der Waals surface area contributed by atoms with Crippen LogP contribution in [0.4, 0.5) is 0 Å². The highest BCUT2D eigenvalue weighted by atomic mass is 16.5. The number of ether oxygens (including phenoxy) is 2. The van der Waals surface area contributed by atoms with Crippen molar-refractivity contribution in [3.8, 4) is 5.75 Å². The molecular weight excluding hydrogens is 256 g/mol. The number of ketones is 1. The minimum absolute atomic E-state index is 0.0318. The second-order valence-corrected chi connectivity index (χ2v) is 4.77. The van der Waals surface area contributed by atoms with E-state index in [2.05, 4.69) is 0 Å². The maximum Gasteiger partial charge on any atom is 0.331 e. The molecule has 20 heavy (non-hydrogen) atoms. The highest BCUT2D eigenvalue weighted by molar-refractivity contribution is 6.13. The lowest BCUT2D eigenvalue weighted by atomic mass is 9.79. The minimum atomic E-state index is -0.464. The van der Waals surface area contributed by atoms with Gasteiger partial charge in [-0.05, 0) is 25.3 Å². The third-order valence-corrected chi connectivity index (χ3v) is 3.46. The number of Topliss-reactive ketones (excluding diaryl/α,β-unsaturated/α-hetero) is 1. The third-order valence-electron chi connectivity index (χ3n) is 3.46. The molecule has 2 rings (SSSR count). The van der Waals surface area contributed by atoms with Crippen LogP contribution in [0.25, 0.3) is 0 Å². The first-order chi connectivity index (χ1) is 9.58. The van der Waals surface area contributed by atoms with Crippen LogP contribution in [0.5, 0.6) is 5.75 Å². The van der Waals surface area contributed by atoms with E-state index in [1.165, 1.54) is 6.08 Å². The Kier molecular flexibility index (Phi) is 4.23. The van der Waals surface area contributed by atoms with Crippen molar-refractivity contribution >= 4 is 11.8 Å². The molecule has 0 saturated heterocycles. The molecule has 0 N–H and O–H groups in total. The smallest absolute Gasteiger partial charge is 0.331 e. The Bertz CT molecular complexity index is 572. The normalized spacial score (nSPS) is 19.6. The second kappa shape index (κ2) is 5.90. The lowest BCUT2D eigenvalue weighted by Gasteiger charge is -2.25. The van der Waals surface area contributed by atoms with E-state index in [1.807, 2.05) is 13.0 Å². The Morgan fingerprint density at radius 3 is 2.85 bits per heavy atom. The van der Waals surface area contributed by atoms with Crippen molar-refractivity contribution in [2.45, 2.75) is 20.3 Å². The Labute approximate surface area is 118 Å². The van der Waals surface area contributed by atoms with Gasteiger partial charge in [0, 0.05) is 22.8 Å². The summed E-state index contributed by atoms with van der Waals surface area (Å²) in [5.74, 6) is 0.105. The summed E-state index contributed by atoms with van der Waals surface area (Å²) < 4.78 is 10.2. The molecule has 1 aliphatic rings. The first kappa shape index (κ1) is 14.3. The minimum Gasteiger partial charge on any atom is -0.496 e. The molecule has 1 unspecified atom stereocenters. The molecular formula is C16H18O4. The highest BCUT2D eigenvalue weighted by Gasteiger charge is 2.30. The summed E-state index contributed by atoms with van der Waals surface area (Å²) >= 11 is 0. The molecule has 1 atom stereocenters. The summed E-state index contributed by atoms with van der Waals surface area (Å²) in [6, 6.07) is 5.40. The van der Waals surface area contributed by atoms with Gasteiger partial charge < -0.3 is 9.47 Å². The van der Waals surface area contributed by atoms with Gasteiger partial charge in [-0.1, -0.05) is 19.1 Å². The zero-order chi connectivity index (χ0) is 14.7. The van der Waals surface area contributed by atoms with Crippen LogP contribution in [-0.4, -0.2) is 25.5 Å². The van der Waals surface area contributed by atoms with Crippen molar-refractivity contribution in [2.24, 2.45) is 5.92 Å². The van der Waals surface area contributed by atoms with Crippen LogP contribution in [-0.2, 0) is 16.0 Å². The molecule has 0 fully saturated rings. The molecule has 0 aliphatic heterocycles. The van der Waals surface area contributed by atoms with Crippen molar-refractivity contribution in [2.75, 3.05) is 13.7 Å². The molecule has 106 valence electrons. The highest BCUT2D eigenvalue weighted by Crippen LogP contribution is 2.34. The van der Waals surface area contributed by atoms with Gasteiger partial charge in [-0.25, -0.2) is 4.79 Å². The summed E-state index contributed by atoms with van der Waals surface area (Å²) in [5.41, 5.74) is 2.02. The number of fused-ring (bicyclic) bond motifs is 1. The van der Waals surface area contributed by atoms with Crippen LogP contribution in [0.2, 0.25) is 0 Å². The van der Waals surface area contributed by atoms with Crippen molar-refractivity contribution in [1.82, 2.24) is 0 Å². The fourth-order valence-electron chi connectivity index (χ4n) is 2.49. The van der Waals surface area contributed by atoms with Gasteiger partial charge >= 0.3 is 5.97 Å². The molecule has 0 amide bonds. The standard InChI is InChI=1S/C16H18O4/c1-4-20-15(17)9-12-10(2)8-13-11(16(12)18)6-5-7-14(13)19-3/h5-7,9-10H,4,8H2,1-3H3/b12-9+. The van der Waals surface area contributed by atoms with E-state index in [1.54, 1.807) is 26.2 Å². The van der Waals surface area contributed by atoms with Gasteiger partial charge in [0.05, 0.1) is 13.7 Å². The van der Waals surface area contributed by atoms with E-state index in [0.29, 0.717) is 24.2 Å². The number of carbonyl (C=O) groups excluding carboxylic acids is 2. The van der Waals surface area contributed by atoms with Crippen LogP contribution < -0.4 is 4.74 Å². The van der Waals surface area contributed by atoms with E-state index >= 15 is 0 Å². The topological polar surface area (TPSA) is 52.6 Å². The molecule has 1 aromatic carbocycles. The Morgan fingerprint density at radius 1 is 1.45 bits per heavy atom. The number of carbonyl (C=O) groups is 2. The first-order valence-electron chi connectivity index (χ1n) is 6.67. The monoisotopic (exact) mass is 274 g/mol. The largest absolute Gasteiger partial charge is 0.496 e. The van der Waals surface area contributed by atoms with E-state index in [4.69, 9.17) is 9.47 Å². The molecule has 0 bridgehead atoms. The molecule has 0 radical (unpaired) electrons. The summed E-state index contributed by atoms with van der Waals surface area (Å²) in [6.45, 7) is 3.97. The average molecular weight is 274 g/mol. The second-order valence-electron chi connectivity index (χ2n) is 4.77. The molecule has 0 spiro atoms. The van der Waals surface area contributed by atoms with E-state index in [9.17, 15) is 9.59 Å². The fourth-order valence-corrected chi connectivity index (χ4v) is 2.49. The summed E-state index contributed by atoms with van der Waals surface area (Å²) in [5, 5.41) is 0. The maximum atomic E-state index is 12.5. The molecule has 4 nitrogen and oxygen atoms in total. The van der Waals surface area contributed by atoms with Gasteiger partial charge in [0.2, 0.25) is 0 Å². The van der Waals surface area contributed by atoms with Crippen LogP contribution >= 0.6 is 0 Å². The van der Waals surface area contributed by atoms with Crippen LogP contribution in [0, 0.1) is 5.92 Å². The van der Waals surface area contributed by atoms with Gasteiger partial charge in [0.15, 0.2) is 5.78 Å². The van der Waals surface area contributed by atoms with Gasteiger partial charge in [0.25, 0.3) is 0 Å². The lowest BCUT2D eigenvalue weighted by Crippen LogP contribution is -2.23. The predicted molar refractivity (Wildman–Crippen MR) is 74.9 cm³/mol. The summed E-state index contributed by atoms with van der Waals surface area (Å²) in [6.07, 6.45) is 2.00. The number of allylic oxidation sites excluding steroid dienone is 1. The molecule has 4 heteroatoms. The predicted octanol–water partition coefficient (Wildman–Crippen LogP) is 2.56. The SMILES string of the molecule is CCOC(=O)/C=C1/C(=O)c2cccc(OC)c2CC1C. The van der Waals surface area contributed by atoms with Crippen molar-refractivity contribution in [1.29, 1.82) is 0 Å². The van der Waals surface area contributed by atoms with Crippen LogP contribution in [0.3, 0.4) is 0 Å². The first-order valence-corrected chi connectivity index (χ1v) is 6.67. The number of esters is 1. The third kappa shape index (κ3) is 2.59. The Balaban J connectivity index is 2.42. The van der Waals surface area contributed by atoms with Gasteiger partial charge in [-0.15, -0.1) is 0 Å². The fraction of sp³-hybridized carbons (Fsp3) is 0.375. The van der Waals surface area contributed by atoms with Gasteiger partial charge in [-0.2, -0.15) is 0 Å². The number of rotatable bonds is 3. The van der Waals surface area contributed by atoms with Crippen LogP contribution in [0.1, 0.15) is 29.8 Å². The Hall–Kier alpha value is -2.10. The maximum absolute atomic E-state index is 12.5. The molecule has 0 aromatic heterocycles. The van der Waals surface area contributed by atoms with E-state index < -0.39 is 5.97 Å². The molecule has 0 heterocycles. The zero-order valence-electron chi connectivity index (χ0n) is 11.9. The molecule has 1 aromatic rings. The van der Waals surface area contributed by atoms with Crippen molar-refractivity contribution in [3.05, 3.63) is 41.0 Å². The average Bonchev–Trinajstić information content (AvgIpc) is 2.43. The summed E-state index contributed by atoms with van der Waals surface area (Å²) in [4.78, 5) is 24.1. The van der Waals surface area contributed by atoms with Gasteiger partial charge in [-0.3, -0.25) is 4.79 Å². The number of methoxy groups -OCH3 is 1. The van der Waals surface area contributed by atoms with E-state index in [0.717, 1.165) is 11.3 Å². The number of benzene rings is 1. The Morgan fingerprint density at radius 2 is 2.20 bits per heavy atom. The zero-order valence-corrected chi connectivity index (χ0v) is 11.9. The molecule has 0 saturated carbocycles. The summed E-state index contributed by atoms with van der Waals surface area (Å²) in [7, 11) is 1.59. The lowest BCUT2D eigenvalue weighted by molar-refractivity contribution is -0.137. The number of hydrogen-bond acceptors (Lipinski definition) is 4. The van der Waals surface area contributed by atoms with Crippen molar-refractivity contribution < 1.29 is 19.1 Å². The molecule has 1 aliphatic carbocycles. The van der Waals surface area contributed by atoms with Crippen molar-refractivity contribution in [3.63, 3.8) is 0 Å². The van der Waals surface area contributed by atoms with E-state index in [-0.39, 0.29) is 11.7 Å². The van der Waals surface area contributed by atoms with Gasteiger partial charge in [0.1, 0.15) is 5.75 Å². The quantitative estimate of drug-likeness (QED) is 0.628. The number of hydrogen-bond donors (Lipinski definition) is 0. The van der Waals surface area contributed by atoms with Crippen LogP contribution in [0.15, 0.2) is 29.8 Å².